The maximum atomic E-state index is 12.4. The van der Waals surface area contributed by atoms with Crippen molar-refractivity contribution in [3.63, 3.8) is 0 Å². The molecule has 0 spiro atoms. The Morgan fingerprint density at radius 3 is 2.59 bits per heavy atom. The zero-order valence-corrected chi connectivity index (χ0v) is 17.6. The van der Waals surface area contributed by atoms with E-state index in [1.165, 1.54) is 32.2 Å². The number of aromatic nitrogens is 2. The van der Waals surface area contributed by atoms with Crippen molar-refractivity contribution < 1.29 is 14.3 Å². The monoisotopic (exact) mass is 403 g/mol. The van der Waals surface area contributed by atoms with E-state index in [2.05, 4.69) is 15.3 Å². The van der Waals surface area contributed by atoms with Crippen LogP contribution in [-0.4, -0.2) is 83.4 Å². The summed E-state index contributed by atoms with van der Waals surface area (Å²) in [5, 5.41) is 7.04. The Morgan fingerprint density at radius 2 is 1.93 bits per heavy atom. The molecule has 1 N–H and O–H groups in total. The third-order valence-electron chi connectivity index (χ3n) is 6.59. The van der Waals surface area contributed by atoms with E-state index in [0.717, 1.165) is 31.2 Å². The molecule has 2 saturated heterocycles. The minimum atomic E-state index is -0.163. The Bertz CT molecular complexity index is 737. The van der Waals surface area contributed by atoms with Gasteiger partial charge in [0, 0.05) is 38.9 Å². The second-order valence-electron chi connectivity index (χ2n) is 8.90. The van der Waals surface area contributed by atoms with Crippen molar-refractivity contribution in [2.45, 2.75) is 38.7 Å². The quantitative estimate of drug-likeness (QED) is 0.729. The van der Waals surface area contributed by atoms with E-state index in [4.69, 9.17) is 4.74 Å². The van der Waals surface area contributed by atoms with E-state index in [-0.39, 0.29) is 24.5 Å². The predicted octanol–water partition coefficient (Wildman–Crippen LogP) is 0.808. The first-order chi connectivity index (χ1) is 14.0. The average Bonchev–Trinajstić information content (AvgIpc) is 3.47. The van der Waals surface area contributed by atoms with Crippen LogP contribution in [0.5, 0.6) is 0 Å². The average molecular weight is 404 g/mol. The molecule has 1 aliphatic carbocycles. The molecule has 160 valence electrons. The number of nitrogens with zero attached hydrogens (tertiary/aromatic N) is 4. The van der Waals surface area contributed by atoms with Gasteiger partial charge in [-0.15, -0.1) is 0 Å². The highest BCUT2D eigenvalue weighted by molar-refractivity contribution is 5.95. The van der Waals surface area contributed by atoms with Gasteiger partial charge in [-0.1, -0.05) is 0 Å². The summed E-state index contributed by atoms with van der Waals surface area (Å²) < 4.78 is 7.35. The van der Waals surface area contributed by atoms with Crippen LogP contribution < -0.4 is 5.32 Å². The molecule has 0 aromatic carbocycles. The number of carbonyl (C=O) groups is 2. The SMILES string of the molecule is Cc1c(C(=O)NCC2CN(CC3CCN(CC4CC4)CC3)C(=O)CO2)cnn1C. The Hall–Kier alpha value is -1.93. The van der Waals surface area contributed by atoms with Crippen molar-refractivity contribution in [2.24, 2.45) is 18.9 Å². The number of hydrogen-bond acceptors (Lipinski definition) is 5. The molecule has 1 aromatic rings. The molecule has 0 radical (unpaired) electrons. The molecular weight excluding hydrogens is 370 g/mol. The molecule has 3 aliphatic rings. The van der Waals surface area contributed by atoms with Crippen molar-refractivity contribution in [3.8, 4) is 0 Å². The molecular formula is C21H33N5O3. The van der Waals surface area contributed by atoms with Crippen LogP contribution in [0.2, 0.25) is 0 Å². The fourth-order valence-electron chi connectivity index (χ4n) is 4.33. The Kier molecular flexibility index (Phi) is 6.20. The van der Waals surface area contributed by atoms with Gasteiger partial charge in [0.25, 0.3) is 5.91 Å². The molecule has 3 heterocycles. The van der Waals surface area contributed by atoms with Crippen LogP contribution in [0.25, 0.3) is 0 Å². The third-order valence-corrected chi connectivity index (χ3v) is 6.59. The van der Waals surface area contributed by atoms with Gasteiger partial charge < -0.3 is 19.9 Å². The maximum Gasteiger partial charge on any atom is 0.254 e. The number of piperidine rings is 1. The number of morpholine rings is 1. The predicted molar refractivity (Wildman–Crippen MR) is 108 cm³/mol. The summed E-state index contributed by atoms with van der Waals surface area (Å²) in [6.07, 6.45) is 6.56. The summed E-state index contributed by atoms with van der Waals surface area (Å²) in [6, 6.07) is 0. The Morgan fingerprint density at radius 1 is 1.21 bits per heavy atom. The van der Waals surface area contributed by atoms with Crippen LogP contribution in [0.3, 0.4) is 0 Å². The van der Waals surface area contributed by atoms with Crippen molar-refractivity contribution in [2.75, 3.05) is 45.9 Å². The number of likely N-dealkylation sites (tertiary alicyclic amines) is 1. The number of aryl methyl sites for hydroxylation is 1. The van der Waals surface area contributed by atoms with E-state index in [0.29, 0.717) is 24.6 Å². The summed E-state index contributed by atoms with van der Waals surface area (Å²) in [4.78, 5) is 29.3. The second-order valence-corrected chi connectivity index (χ2v) is 8.90. The molecule has 1 saturated carbocycles. The summed E-state index contributed by atoms with van der Waals surface area (Å²) >= 11 is 0. The molecule has 8 nitrogen and oxygen atoms in total. The van der Waals surface area contributed by atoms with Crippen molar-refractivity contribution in [3.05, 3.63) is 17.5 Å². The first-order valence-corrected chi connectivity index (χ1v) is 10.9. The number of rotatable bonds is 7. The van der Waals surface area contributed by atoms with Crippen LogP contribution in [0.4, 0.5) is 0 Å². The number of ether oxygens (including phenoxy) is 1. The van der Waals surface area contributed by atoms with E-state index < -0.39 is 0 Å². The van der Waals surface area contributed by atoms with Crippen LogP contribution in [-0.2, 0) is 16.6 Å². The smallest absolute Gasteiger partial charge is 0.254 e. The summed E-state index contributed by atoms with van der Waals surface area (Å²) in [5.74, 6) is 1.43. The highest BCUT2D eigenvalue weighted by Crippen LogP contribution is 2.31. The van der Waals surface area contributed by atoms with Gasteiger partial charge in [-0.2, -0.15) is 5.10 Å². The van der Waals surface area contributed by atoms with Gasteiger partial charge in [0.2, 0.25) is 5.91 Å². The number of nitrogens with one attached hydrogen (secondary N) is 1. The normalized spacial score (nSPS) is 24.1. The molecule has 8 heteroatoms. The summed E-state index contributed by atoms with van der Waals surface area (Å²) in [6.45, 7) is 7.31. The lowest BCUT2D eigenvalue weighted by Crippen LogP contribution is -2.52. The van der Waals surface area contributed by atoms with Gasteiger partial charge in [-0.3, -0.25) is 14.3 Å². The summed E-state index contributed by atoms with van der Waals surface area (Å²) in [7, 11) is 1.82. The van der Waals surface area contributed by atoms with Gasteiger partial charge in [-0.25, -0.2) is 0 Å². The van der Waals surface area contributed by atoms with Crippen LogP contribution in [0.15, 0.2) is 6.20 Å². The van der Waals surface area contributed by atoms with Gasteiger partial charge in [-0.05, 0) is 57.5 Å². The first kappa shape index (κ1) is 20.3. The molecule has 2 amide bonds. The minimum Gasteiger partial charge on any atom is -0.365 e. The zero-order chi connectivity index (χ0) is 20.4. The highest BCUT2D eigenvalue weighted by Gasteiger charge is 2.31. The topological polar surface area (TPSA) is 79.7 Å². The van der Waals surface area contributed by atoms with Gasteiger partial charge in [0.15, 0.2) is 0 Å². The van der Waals surface area contributed by atoms with Gasteiger partial charge in [0.05, 0.1) is 17.9 Å². The number of hydrogen-bond donors (Lipinski definition) is 1. The van der Waals surface area contributed by atoms with Crippen LogP contribution in [0, 0.1) is 18.8 Å². The van der Waals surface area contributed by atoms with Gasteiger partial charge in [0.1, 0.15) is 6.61 Å². The fourth-order valence-corrected chi connectivity index (χ4v) is 4.33. The molecule has 3 fully saturated rings. The van der Waals surface area contributed by atoms with Crippen LogP contribution in [0.1, 0.15) is 41.7 Å². The van der Waals surface area contributed by atoms with Crippen molar-refractivity contribution in [1.29, 1.82) is 0 Å². The largest absolute Gasteiger partial charge is 0.365 e. The van der Waals surface area contributed by atoms with Crippen molar-refractivity contribution in [1.82, 2.24) is 24.9 Å². The summed E-state index contributed by atoms with van der Waals surface area (Å²) in [5.41, 5.74) is 1.41. The zero-order valence-electron chi connectivity index (χ0n) is 17.6. The lowest BCUT2D eigenvalue weighted by atomic mass is 9.95. The molecule has 2 aliphatic heterocycles. The van der Waals surface area contributed by atoms with Gasteiger partial charge >= 0.3 is 0 Å². The lowest BCUT2D eigenvalue weighted by Gasteiger charge is -2.38. The molecule has 0 bridgehead atoms. The minimum absolute atomic E-state index is 0.0658. The fraction of sp³-hybridized carbons (Fsp3) is 0.762. The number of carbonyl (C=O) groups excluding carboxylic acids is 2. The molecule has 1 unspecified atom stereocenters. The van der Waals surface area contributed by atoms with E-state index in [1.807, 2.05) is 18.9 Å². The highest BCUT2D eigenvalue weighted by atomic mass is 16.5. The Balaban J connectivity index is 1.22. The van der Waals surface area contributed by atoms with E-state index >= 15 is 0 Å². The van der Waals surface area contributed by atoms with Crippen LogP contribution >= 0.6 is 0 Å². The van der Waals surface area contributed by atoms with Crippen molar-refractivity contribution >= 4 is 11.8 Å². The first-order valence-electron chi connectivity index (χ1n) is 10.9. The molecule has 1 aromatic heterocycles. The Labute approximate surface area is 172 Å². The lowest BCUT2D eigenvalue weighted by molar-refractivity contribution is -0.149. The van der Waals surface area contributed by atoms with E-state index in [9.17, 15) is 9.59 Å². The number of amides is 2. The maximum absolute atomic E-state index is 12.4. The molecule has 1 atom stereocenters. The molecule has 29 heavy (non-hydrogen) atoms. The standard InChI is InChI=1S/C21H33N5O3/c1-15-19(10-23-24(15)2)21(28)22-9-18-13-26(20(27)14-29-18)12-17-5-7-25(8-6-17)11-16-3-4-16/h10,16-18H,3-9,11-14H2,1-2H3,(H,22,28). The second kappa shape index (κ2) is 8.83. The van der Waals surface area contributed by atoms with E-state index in [1.54, 1.807) is 10.9 Å². The molecule has 4 rings (SSSR count). The third kappa shape index (κ3) is 5.17.